The Balaban J connectivity index is 1.31. The molecule has 6 aromatic carbocycles. The van der Waals surface area contributed by atoms with Crippen molar-refractivity contribution in [1.82, 2.24) is 19.5 Å². The first kappa shape index (κ1) is 29.4. The van der Waals surface area contributed by atoms with E-state index in [2.05, 4.69) is 129 Å². The summed E-state index contributed by atoms with van der Waals surface area (Å²) in [6.07, 6.45) is 0. The Bertz CT molecular complexity index is 2760. The topological polar surface area (TPSA) is 56.7 Å². The number of hydrogen-bond acceptors (Lipinski definition) is 4. The van der Waals surface area contributed by atoms with E-state index in [4.69, 9.17) is 19.4 Å². The highest BCUT2D eigenvalue weighted by Gasteiger charge is 2.21. The molecule has 0 aliphatic rings. The summed E-state index contributed by atoms with van der Waals surface area (Å²) >= 11 is 0. The van der Waals surface area contributed by atoms with E-state index >= 15 is 0 Å². The second-order valence-corrected chi connectivity index (χ2v) is 13.0. The SMILES string of the molecule is Bc1c(B)c(B)c(-c2nc(-c3ccccc3)nc(-c3cccc(-n4c5ccccc5c5ccc6c7ccccc7oc6c54)c3)n2)c(B)c1B. The lowest BCUT2D eigenvalue weighted by molar-refractivity contribution is 0.671. The van der Waals surface area contributed by atoms with E-state index in [1.807, 2.05) is 30.3 Å². The van der Waals surface area contributed by atoms with E-state index in [-0.39, 0.29) is 0 Å². The Morgan fingerprint density at radius 1 is 0.469 bits per heavy atom. The van der Waals surface area contributed by atoms with Gasteiger partial charge in [-0.25, -0.2) is 15.0 Å². The molecule has 0 amide bonds. The predicted molar refractivity (Wildman–Crippen MR) is 219 cm³/mol. The Hall–Kier alpha value is -5.75. The molecule has 9 aromatic rings. The summed E-state index contributed by atoms with van der Waals surface area (Å²) in [5.41, 5.74) is 14.1. The van der Waals surface area contributed by atoms with Gasteiger partial charge < -0.3 is 8.98 Å². The van der Waals surface area contributed by atoms with Crippen LogP contribution in [0.25, 0.3) is 83.6 Å². The van der Waals surface area contributed by atoms with E-state index < -0.39 is 0 Å². The molecule has 226 valence electrons. The smallest absolute Gasteiger partial charge is 0.164 e. The highest BCUT2D eigenvalue weighted by Crippen LogP contribution is 2.40. The molecule has 0 aliphatic heterocycles. The first-order valence-electron chi connectivity index (χ1n) is 16.7. The van der Waals surface area contributed by atoms with Crippen LogP contribution in [-0.4, -0.2) is 58.8 Å². The second-order valence-electron chi connectivity index (χ2n) is 13.0. The molecule has 10 heteroatoms. The fraction of sp³-hybridized carbons (Fsp3) is 0. The van der Waals surface area contributed by atoms with Crippen molar-refractivity contribution < 1.29 is 4.42 Å². The number of aromatic nitrogens is 4. The van der Waals surface area contributed by atoms with Crippen LogP contribution in [0, 0.1) is 0 Å². The van der Waals surface area contributed by atoms with Crippen LogP contribution in [0.1, 0.15) is 0 Å². The van der Waals surface area contributed by atoms with Gasteiger partial charge in [-0.1, -0.05) is 95.9 Å². The van der Waals surface area contributed by atoms with Crippen molar-refractivity contribution in [3.05, 3.63) is 115 Å². The van der Waals surface area contributed by atoms with E-state index in [9.17, 15) is 0 Å². The zero-order valence-electron chi connectivity index (χ0n) is 28.2. The molecule has 0 atom stereocenters. The van der Waals surface area contributed by atoms with Gasteiger partial charge in [0.2, 0.25) is 0 Å². The second kappa shape index (κ2) is 11.2. The standard InChI is InChI=1S/C39H29B5N4O/c40-30-29(31(41)33(43)34(44)32(30)42)39-46-37(20-9-2-1-3-10-20)45-38(47-39)21-11-8-12-22(19-21)48-27-15-6-4-13-23(27)25-17-18-26-24-14-5-7-16-28(24)49-36(26)35(25)48/h1-19H,40-44H2. The summed E-state index contributed by atoms with van der Waals surface area (Å²) in [6, 6.07) is 39.9. The van der Waals surface area contributed by atoms with Crippen LogP contribution in [0.15, 0.2) is 120 Å². The molecule has 0 bridgehead atoms. The van der Waals surface area contributed by atoms with Gasteiger partial charge in [-0.15, -0.1) is 16.4 Å². The molecule has 0 radical (unpaired) electrons. The lowest BCUT2D eigenvalue weighted by Gasteiger charge is -2.20. The minimum absolute atomic E-state index is 0.634. The van der Waals surface area contributed by atoms with Gasteiger partial charge in [-0.3, -0.25) is 0 Å². The highest BCUT2D eigenvalue weighted by atomic mass is 16.3. The van der Waals surface area contributed by atoms with Crippen molar-refractivity contribution in [2.24, 2.45) is 0 Å². The van der Waals surface area contributed by atoms with Crippen molar-refractivity contribution in [3.8, 4) is 39.9 Å². The molecule has 3 heterocycles. The van der Waals surface area contributed by atoms with E-state index in [1.54, 1.807) is 0 Å². The first-order valence-corrected chi connectivity index (χ1v) is 16.7. The molecule has 0 aliphatic carbocycles. The minimum atomic E-state index is 0.634. The molecule has 0 spiro atoms. The summed E-state index contributed by atoms with van der Waals surface area (Å²) < 4.78 is 8.92. The normalized spacial score (nSPS) is 11.7. The summed E-state index contributed by atoms with van der Waals surface area (Å²) in [5, 5.41) is 4.54. The van der Waals surface area contributed by atoms with Gasteiger partial charge in [0, 0.05) is 43.9 Å². The fourth-order valence-electron chi connectivity index (χ4n) is 7.45. The summed E-state index contributed by atoms with van der Waals surface area (Å²) in [4.78, 5) is 15.4. The largest absolute Gasteiger partial charge is 0.454 e. The average molecular weight is 624 g/mol. The van der Waals surface area contributed by atoms with Crippen molar-refractivity contribution in [2.75, 3.05) is 0 Å². The molecular formula is C39H29B5N4O. The number of rotatable bonds is 4. The Labute approximate surface area is 288 Å². The molecule has 0 saturated carbocycles. The van der Waals surface area contributed by atoms with Gasteiger partial charge in [0.25, 0.3) is 0 Å². The lowest BCUT2D eigenvalue weighted by Crippen LogP contribution is -2.55. The molecular weight excluding hydrogens is 595 g/mol. The summed E-state index contributed by atoms with van der Waals surface area (Å²) in [7, 11) is 10.9. The van der Waals surface area contributed by atoms with Crippen molar-refractivity contribution in [3.63, 3.8) is 0 Å². The summed E-state index contributed by atoms with van der Waals surface area (Å²) in [5.74, 6) is 1.98. The summed E-state index contributed by atoms with van der Waals surface area (Å²) in [6.45, 7) is 0. The Morgan fingerprint density at radius 2 is 1.06 bits per heavy atom. The van der Waals surface area contributed by atoms with Gasteiger partial charge in [-0.05, 0) is 30.3 Å². The molecule has 49 heavy (non-hydrogen) atoms. The molecule has 9 rings (SSSR count). The monoisotopic (exact) mass is 624 g/mol. The predicted octanol–water partition coefficient (Wildman–Crippen LogP) is 1.16. The third-order valence-corrected chi connectivity index (χ3v) is 10.4. The van der Waals surface area contributed by atoms with E-state index in [0.717, 1.165) is 60.7 Å². The van der Waals surface area contributed by atoms with Crippen LogP contribution in [0.5, 0.6) is 0 Å². The Morgan fingerprint density at radius 3 is 1.84 bits per heavy atom. The zero-order chi connectivity index (χ0) is 33.4. The third-order valence-electron chi connectivity index (χ3n) is 10.4. The maximum Gasteiger partial charge on any atom is 0.164 e. The first-order chi connectivity index (χ1) is 23.9. The van der Waals surface area contributed by atoms with Gasteiger partial charge in [0.05, 0.1) is 11.0 Å². The van der Waals surface area contributed by atoms with Crippen LogP contribution < -0.4 is 27.3 Å². The van der Waals surface area contributed by atoms with Gasteiger partial charge in [0.1, 0.15) is 44.8 Å². The molecule has 0 saturated heterocycles. The molecule has 0 fully saturated rings. The molecule has 0 N–H and O–H groups in total. The van der Waals surface area contributed by atoms with Gasteiger partial charge in [0.15, 0.2) is 23.1 Å². The fourth-order valence-corrected chi connectivity index (χ4v) is 7.45. The van der Waals surface area contributed by atoms with Crippen LogP contribution in [0.2, 0.25) is 0 Å². The number of para-hydroxylation sites is 2. The van der Waals surface area contributed by atoms with Crippen molar-refractivity contribution in [2.45, 2.75) is 0 Å². The van der Waals surface area contributed by atoms with Gasteiger partial charge in [-0.2, -0.15) is 0 Å². The van der Waals surface area contributed by atoms with Crippen molar-refractivity contribution in [1.29, 1.82) is 0 Å². The third kappa shape index (κ3) is 4.51. The van der Waals surface area contributed by atoms with Crippen LogP contribution in [0.4, 0.5) is 0 Å². The number of hydrogen-bond donors (Lipinski definition) is 0. The van der Waals surface area contributed by atoms with Crippen LogP contribution in [0.3, 0.4) is 0 Å². The van der Waals surface area contributed by atoms with Gasteiger partial charge >= 0.3 is 0 Å². The van der Waals surface area contributed by atoms with Crippen molar-refractivity contribution >= 4 is 110 Å². The molecule has 3 aromatic heterocycles. The van der Waals surface area contributed by atoms with E-state index in [0.29, 0.717) is 17.5 Å². The maximum atomic E-state index is 6.60. The average Bonchev–Trinajstić information content (AvgIpc) is 3.70. The minimum Gasteiger partial charge on any atom is -0.454 e. The Kier molecular flexibility index (Phi) is 6.70. The number of furan rings is 1. The number of fused-ring (bicyclic) bond motifs is 7. The molecule has 5 nitrogen and oxygen atoms in total. The molecule has 0 unspecified atom stereocenters. The number of benzene rings is 6. The zero-order valence-corrected chi connectivity index (χ0v) is 28.2. The van der Waals surface area contributed by atoms with Crippen LogP contribution in [-0.2, 0) is 0 Å². The highest BCUT2D eigenvalue weighted by molar-refractivity contribution is 6.68. The van der Waals surface area contributed by atoms with E-state index in [1.165, 1.54) is 32.7 Å². The maximum absolute atomic E-state index is 6.60. The number of nitrogens with zero attached hydrogens (tertiary/aromatic N) is 4. The van der Waals surface area contributed by atoms with Crippen LogP contribution >= 0.6 is 0 Å². The quantitative estimate of drug-likeness (QED) is 0.277. The lowest BCUT2D eigenvalue weighted by atomic mass is 9.60.